The summed E-state index contributed by atoms with van der Waals surface area (Å²) in [6, 6.07) is 7.76. The summed E-state index contributed by atoms with van der Waals surface area (Å²) in [5.74, 6) is 0.982. The molecule has 1 heterocycles. The lowest BCUT2D eigenvalue weighted by molar-refractivity contribution is 0.579. The van der Waals surface area contributed by atoms with Gasteiger partial charge in [0.15, 0.2) is 9.84 Å². The second kappa shape index (κ2) is 5.93. The molecule has 110 valence electrons. The zero-order valence-corrected chi connectivity index (χ0v) is 12.7. The van der Waals surface area contributed by atoms with Crippen molar-refractivity contribution in [1.82, 2.24) is 9.55 Å². The molecule has 1 aromatic carbocycles. The highest BCUT2D eigenvalue weighted by Crippen LogP contribution is 2.17. The van der Waals surface area contributed by atoms with Crippen molar-refractivity contribution in [3.8, 4) is 0 Å². The first-order valence-corrected chi connectivity index (χ1v) is 8.53. The Kier molecular flexibility index (Phi) is 4.45. The lowest BCUT2D eigenvalue weighted by Gasteiger charge is -2.11. The summed E-state index contributed by atoms with van der Waals surface area (Å²) >= 11 is 0. The van der Waals surface area contributed by atoms with Crippen molar-refractivity contribution in [3.63, 3.8) is 0 Å². The Bertz CT molecular complexity index is 690. The summed E-state index contributed by atoms with van der Waals surface area (Å²) in [7, 11) is -3.05. The van der Waals surface area contributed by atoms with Crippen molar-refractivity contribution in [2.24, 2.45) is 5.73 Å². The highest BCUT2D eigenvalue weighted by molar-refractivity contribution is 7.91. The Balaban J connectivity index is 2.34. The second-order valence-electron chi connectivity index (χ2n) is 5.12. The lowest BCUT2D eigenvalue weighted by Crippen LogP contribution is -2.22. The lowest BCUT2D eigenvalue weighted by atomic mass is 10.3. The highest BCUT2D eigenvalue weighted by Gasteiger charge is 2.18. The predicted octanol–water partition coefficient (Wildman–Crippen LogP) is 1.36. The Morgan fingerprint density at radius 2 is 2.00 bits per heavy atom. The van der Waals surface area contributed by atoms with Crippen molar-refractivity contribution < 1.29 is 8.42 Å². The van der Waals surface area contributed by atoms with E-state index in [9.17, 15) is 8.42 Å². The Hall–Kier alpha value is -1.40. The van der Waals surface area contributed by atoms with Crippen LogP contribution in [0.5, 0.6) is 0 Å². The van der Waals surface area contributed by atoms with Crippen LogP contribution in [-0.2, 0) is 22.8 Å². The number of para-hydroxylation sites is 2. The Labute approximate surface area is 119 Å². The Morgan fingerprint density at radius 1 is 1.30 bits per heavy atom. The number of rotatable bonds is 6. The van der Waals surface area contributed by atoms with Gasteiger partial charge in [-0.25, -0.2) is 13.4 Å². The largest absolute Gasteiger partial charge is 0.330 e. The number of aryl methyl sites for hydroxylation is 1. The van der Waals surface area contributed by atoms with Crippen LogP contribution < -0.4 is 5.73 Å². The molecule has 0 saturated carbocycles. The molecule has 2 rings (SSSR count). The summed E-state index contributed by atoms with van der Waals surface area (Å²) in [4.78, 5) is 4.54. The van der Waals surface area contributed by atoms with Gasteiger partial charge in [-0.05, 0) is 32.5 Å². The summed E-state index contributed by atoms with van der Waals surface area (Å²) in [6.45, 7) is 4.35. The fourth-order valence-corrected chi connectivity index (χ4v) is 3.06. The predicted molar refractivity (Wildman–Crippen MR) is 81.4 cm³/mol. The van der Waals surface area contributed by atoms with E-state index in [-0.39, 0.29) is 11.0 Å². The molecule has 0 atom stereocenters. The number of imidazole rings is 1. The molecule has 0 radical (unpaired) electrons. The number of hydrogen-bond donors (Lipinski definition) is 1. The zero-order chi connectivity index (χ0) is 14.8. The summed E-state index contributed by atoms with van der Waals surface area (Å²) < 4.78 is 25.9. The van der Waals surface area contributed by atoms with Crippen molar-refractivity contribution in [1.29, 1.82) is 0 Å². The van der Waals surface area contributed by atoms with E-state index < -0.39 is 9.84 Å². The number of nitrogens with zero attached hydrogens (tertiary/aromatic N) is 2. The van der Waals surface area contributed by atoms with E-state index in [1.54, 1.807) is 13.8 Å². The molecule has 0 saturated heterocycles. The van der Waals surface area contributed by atoms with Crippen LogP contribution in [0.2, 0.25) is 0 Å². The first-order chi connectivity index (χ1) is 9.45. The monoisotopic (exact) mass is 295 g/mol. The number of nitrogens with two attached hydrogens (primary N) is 1. The van der Waals surface area contributed by atoms with Crippen LogP contribution in [-0.4, -0.2) is 35.5 Å². The molecule has 0 fully saturated rings. The third-order valence-corrected chi connectivity index (χ3v) is 5.61. The molecule has 0 aliphatic rings. The molecule has 5 nitrogen and oxygen atoms in total. The summed E-state index contributed by atoms with van der Waals surface area (Å²) in [6.07, 6.45) is 0.649. The maximum Gasteiger partial charge on any atom is 0.154 e. The Morgan fingerprint density at radius 3 is 2.65 bits per heavy atom. The molecule has 0 unspecified atom stereocenters. The quantitative estimate of drug-likeness (QED) is 0.873. The molecule has 0 aliphatic carbocycles. The number of aromatic nitrogens is 2. The van der Waals surface area contributed by atoms with E-state index in [4.69, 9.17) is 5.73 Å². The minimum absolute atomic E-state index is 0.128. The average Bonchev–Trinajstić information content (AvgIpc) is 2.74. The smallest absolute Gasteiger partial charge is 0.154 e. The maximum absolute atomic E-state index is 12.0. The standard InChI is InChI=1S/C14H21N3O2S/c1-11(2)20(18,19)10-9-17-13-6-4-3-5-12(13)16-14(17)7-8-15/h3-6,11H,7-10,15H2,1-2H3. The van der Waals surface area contributed by atoms with Gasteiger partial charge in [-0.3, -0.25) is 0 Å². The SMILES string of the molecule is CC(C)S(=O)(=O)CCn1c(CCN)nc2ccccc21. The van der Waals surface area contributed by atoms with Gasteiger partial charge < -0.3 is 10.3 Å². The van der Waals surface area contributed by atoms with Gasteiger partial charge in [-0.2, -0.15) is 0 Å². The molecular formula is C14H21N3O2S. The number of fused-ring (bicyclic) bond motifs is 1. The second-order valence-corrected chi connectivity index (χ2v) is 7.80. The first-order valence-electron chi connectivity index (χ1n) is 6.81. The van der Waals surface area contributed by atoms with Crippen LogP contribution >= 0.6 is 0 Å². The molecule has 0 spiro atoms. The fraction of sp³-hybridized carbons (Fsp3) is 0.500. The van der Waals surface area contributed by atoms with Gasteiger partial charge in [0.05, 0.1) is 22.0 Å². The van der Waals surface area contributed by atoms with Crippen molar-refractivity contribution >= 4 is 20.9 Å². The van der Waals surface area contributed by atoms with E-state index in [1.165, 1.54) is 0 Å². The van der Waals surface area contributed by atoms with Gasteiger partial charge in [-0.1, -0.05) is 12.1 Å². The van der Waals surface area contributed by atoms with Crippen molar-refractivity contribution in [3.05, 3.63) is 30.1 Å². The first kappa shape index (κ1) is 15.0. The topological polar surface area (TPSA) is 78.0 Å². The summed E-state index contributed by atoms with van der Waals surface area (Å²) in [5.41, 5.74) is 7.46. The average molecular weight is 295 g/mol. The number of benzene rings is 1. The van der Waals surface area contributed by atoms with Gasteiger partial charge in [0.25, 0.3) is 0 Å². The summed E-state index contributed by atoms with van der Waals surface area (Å²) in [5, 5.41) is -0.352. The van der Waals surface area contributed by atoms with Crippen LogP contribution in [0.4, 0.5) is 0 Å². The molecule has 2 N–H and O–H groups in total. The highest BCUT2D eigenvalue weighted by atomic mass is 32.2. The molecule has 2 aromatic rings. The van der Waals surface area contributed by atoms with Crippen molar-refractivity contribution in [2.75, 3.05) is 12.3 Å². The van der Waals surface area contributed by atoms with E-state index in [0.29, 0.717) is 19.5 Å². The van der Waals surface area contributed by atoms with Gasteiger partial charge in [0.2, 0.25) is 0 Å². The molecule has 20 heavy (non-hydrogen) atoms. The molecule has 0 aliphatic heterocycles. The van der Waals surface area contributed by atoms with Gasteiger partial charge in [-0.15, -0.1) is 0 Å². The van der Waals surface area contributed by atoms with Gasteiger partial charge in [0, 0.05) is 13.0 Å². The van der Waals surface area contributed by atoms with E-state index in [0.717, 1.165) is 16.9 Å². The van der Waals surface area contributed by atoms with E-state index in [1.807, 2.05) is 28.8 Å². The van der Waals surface area contributed by atoms with Crippen LogP contribution in [0, 0.1) is 0 Å². The van der Waals surface area contributed by atoms with Crippen LogP contribution in [0.25, 0.3) is 11.0 Å². The maximum atomic E-state index is 12.0. The number of hydrogen-bond acceptors (Lipinski definition) is 4. The third kappa shape index (κ3) is 3.02. The fourth-order valence-electron chi connectivity index (χ4n) is 2.15. The molecule has 0 amide bonds. The molecule has 0 bridgehead atoms. The normalized spacial score (nSPS) is 12.4. The zero-order valence-electron chi connectivity index (χ0n) is 11.9. The third-order valence-electron chi connectivity index (χ3n) is 3.42. The van der Waals surface area contributed by atoms with Crippen LogP contribution in [0.15, 0.2) is 24.3 Å². The van der Waals surface area contributed by atoms with E-state index in [2.05, 4.69) is 4.98 Å². The number of sulfone groups is 1. The van der Waals surface area contributed by atoms with Gasteiger partial charge in [0.1, 0.15) is 5.82 Å². The van der Waals surface area contributed by atoms with Crippen LogP contribution in [0.1, 0.15) is 19.7 Å². The molecule has 1 aromatic heterocycles. The minimum atomic E-state index is -3.05. The minimum Gasteiger partial charge on any atom is -0.330 e. The van der Waals surface area contributed by atoms with E-state index >= 15 is 0 Å². The van der Waals surface area contributed by atoms with Crippen LogP contribution in [0.3, 0.4) is 0 Å². The van der Waals surface area contributed by atoms with Crippen molar-refractivity contribution in [2.45, 2.75) is 32.1 Å². The molecular weight excluding hydrogens is 274 g/mol. The molecule has 6 heteroatoms. The van der Waals surface area contributed by atoms with Gasteiger partial charge >= 0.3 is 0 Å².